The van der Waals surface area contributed by atoms with Crippen LogP contribution in [0.25, 0.3) is 0 Å². The Morgan fingerprint density at radius 2 is 1.24 bits per heavy atom. The van der Waals surface area contributed by atoms with Crippen molar-refractivity contribution in [1.82, 2.24) is 0 Å². The smallest absolute Gasteiger partial charge is 0.378 e. The Labute approximate surface area is 177 Å². The summed E-state index contributed by atoms with van der Waals surface area (Å²) < 4.78 is 17.2. The van der Waals surface area contributed by atoms with E-state index in [9.17, 15) is 4.79 Å². The monoisotopic (exact) mass is 431 g/mol. The first-order valence-electron chi connectivity index (χ1n) is 9.71. The van der Waals surface area contributed by atoms with Gasteiger partial charge in [-0.3, -0.25) is 4.79 Å². The van der Waals surface area contributed by atoms with E-state index in [1.54, 1.807) is 21.3 Å². The molecule has 7 heteroatoms. The van der Waals surface area contributed by atoms with Gasteiger partial charge in [0.15, 0.2) is 5.78 Å². The van der Waals surface area contributed by atoms with Crippen LogP contribution in [0.3, 0.4) is 0 Å². The van der Waals surface area contributed by atoms with Gasteiger partial charge in [-0.15, -0.1) is 0 Å². The highest BCUT2D eigenvalue weighted by molar-refractivity contribution is 6.99. The molecule has 0 radical (unpaired) electrons. The fourth-order valence-corrected chi connectivity index (χ4v) is 11.8. The summed E-state index contributed by atoms with van der Waals surface area (Å²) in [6, 6.07) is 15.7. The lowest BCUT2D eigenvalue weighted by atomic mass is 10.0. The highest BCUT2D eigenvalue weighted by Crippen LogP contribution is 2.33. The summed E-state index contributed by atoms with van der Waals surface area (Å²) in [5.41, 5.74) is 2.45. The van der Waals surface area contributed by atoms with E-state index < -0.39 is 16.9 Å². The first kappa shape index (κ1) is 23.5. The van der Waals surface area contributed by atoms with Gasteiger partial charge in [0.05, 0.1) is 8.07 Å². The Balaban J connectivity index is 2.27. The second-order valence-corrected chi connectivity index (χ2v) is 16.8. The molecule has 0 saturated carbocycles. The third-order valence-electron chi connectivity index (χ3n) is 6.00. The third kappa shape index (κ3) is 4.70. The van der Waals surface area contributed by atoms with Gasteiger partial charge in [0, 0.05) is 57.4 Å². The Bertz CT molecular complexity index is 807. The van der Waals surface area contributed by atoms with Gasteiger partial charge in [-0.2, -0.15) is 0 Å². The van der Waals surface area contributed by atoms with Crippen molar-refractivity contribution in [2.24, 2.45) is 0 Å². The van der Waals surface area contributed by atoms with Gasteiger partial charge in [-0.05, 0) is 24.3 Å². The molecular weight excluding hydrogens is 398 g/mol. The molecule has 5 nitrogen and oxygen atoms in total. The molecule has 2 aromatic rings. The molecule has 0 heterocycles. The van der Waals surface area contributed by atoms with Crippen LogP contribution in [0, 0.1) is 0 Å². The van der Waals surface area contributed by atoms with Gasteiger partial charge < -0.3 is 18.2 Å². The van der Waals surface area contributed by atoms with E-state index in [4.69, 9.17) is 13.3 Å². The number of nitrogens with zero attached hydrogens (tertiary/aromatic N) is 1. The number of carbonyl (C=O) groups excluding carboxylic acids is 1. The lowest BCUT2D eigenvalue weighted by molar-refractivity contribution is 0.103. The Morgan fingerprint density at radius 3 is 1.62 bits per heavy atom. The molecule has 0 aliphatic rings. The van der Waals surface area contributed by atoms with Crippen LogP contribution in [0.1, 0.15) is 22.8 Å². The normalized spacial score (nSPS) is 13.2. The van der Waals surface area contributed by atoms with Crippen molar-refractivity contribution in [2.75, 3.05) is 40.3 Å². The quantitative estimate of drug-likeness (QED) is 0.447. The molecule has 2 aromatic carbocycles. The Kier molecular flexibility index (Phi) is 7.58. The van der Waals surface area contributed by atoms with E-state index in [-0.39, 0.29) is 10.9 Å². The molecule has 0 N–H and O–H groups in total. The maximum absolute atomic E-state index is 12.9. The number of carbonyl (C=O) groups is 1. The number of ketones is 1. The molecule has 158 valence electrons. The topological polar surface area (TPSA) is 48.0 Å². The van der Waals surface area contributed by atoms with Gasteiger partial charge in [-0.1, -0.05) is 49.5 Å². The molecule has 1 unspecified atom stereocenters. The Hall–Kier alpha value is -1.78. The maximum atomic E-state index is 12.9. The van der Waals surface area contributed by atoms with E-state index in [0.717, 1.165) is 5.69 Å². The molecule has 0 aliphatic heterocycles. The van der Waals surface area contributed by atoms with Crippen molar-refractivity contribution in [1.29, 1.82) is 0 Å². The second kappa shape index (κ2) is 9.36. The number of rotatable bonds is 9. The molecule has 0 amide bonds. The molecule has 29 heavy (non-hydrogen) atoms. The standard InChI is InChI=1S/C22H33NO4Si2/c1-17(29(25-4,26-5)27-6)28(7,8)21-15-11-19(12-16-21)22(24)18-9-13-20(14-10-18)23(2)3/h9-17H,1-8H3. The molecule has 0 saturated heterocycles. The molecule has 0 spiro atoms. The summed E-state index contributed by atoms with van der Waals surface area (Å²) in [5, 5.41) is 1.41. The van der Waals surface area contributed by atoms with Crippen LogP contribution in [0.4, 0.5) is 5.69 Å². The minimum atomic E-state index is -2.75. The summed E-state index contributed by atoms with van der Waals surface area (Å²) in [6.45, 7) is 6.72. The van der Waals surface area contributed by atoms with Crippen molar-refractivity contribution in [3.63, 3.8) is 0 Å². The Morgan fingerprint density at radius 1 is 0.828 bits per heavy atom. The molecule has 0 bridgehead atoms. The van der Waals surface area contributed by atoms with Gasteiger partial charge in [0.25, 0.3) is 0 Å². The highest BCUT2D eigenvalue weighted by Gasteiger charge is 2.52. The maximum Gasteiger partial charge on any atom is 0.500 e. The fourth-order valence-electron chi connectivity index (χ4n) is 3.60. The van der Waals surface area contributed by atoms with Crippen LogP contribution in [-0.2, 0) is 13.3 Å². The third-order valence-corrected chi connectivity index (χ3v) is 16.0. The van der Waals surface area contributed by atoms with Gasteiger partial charge >= 0.3 is 8.80 Å². The minimum Gasteiger partial charge on any atom is -0.378 e. The summed E-state index contributed by atoms with van der Waals surface area (Å²) in [7, 11) is 4.21. The number of hydrogen-bond acceptors (Lipinski definition) is 5. The molecule has 1 atom stereocenters. The number of benzene rings is 2. The number of hydrogen-bond donors (Lipinski definition) is 0. The summed E-state index contributed by atoms with van der Waals surface area (Å²) in [5.74, 6) is 0.0313. The predicted molar refractivity (Wildman–Crippen MR) is 124 cm³/mol. The van der Waals surface area contributed by atoms with Crippen LogP contribution in [-0.4, -0.2) is 58.1 Å². The molecule has 0 fully saturated rings. The van der Waals surface area contributed by atoms with Gasteiger partial charge in [-0.25, -0.2) is 0 Å². The van der Waals surface area contributed by atoms with Crippen molar-refractivity contribution in [2.45, 2.75) is 25.2 Å². The van der Waals surface area contributed by atoms with Crippen molar-refractivity contribution in [3.8, 4) is 0 Å². The summed E-state index contributed by atoms with van der Waals surface area (Å²) in [6.07, 6.45) is 0. The average Bonchev–Trinajstić information content (AvgIpc) is 2.75. The predicted octanol–water partition coefficient (Wildman–Crippen LogP) is 3.71. The minimum absolute atomic E-state index is 0.0313. The lowest BCUT2D eigenvalue weighted by Crippen LogP contribution is -2.60. The van der Waals surface area contributed by atoms with E-state index in [0.29, 0.717) is 11.1 Å². The van der Waals surface area contributed by atoms with Crippen LogP contribution in [0.15, 0.2) is 48.5 Å². The summed E-state index contributed by atoms with van der Waals surface area (Å²) >= 11 is 0. The zero-order chi connectivity index (χ0) is 21.8. The van der Waals surface area contributed by atoms with Crippen molar-refractivity contribution >= 4 is 33.5 Å². The molecule has 0 aromatic heterocycles. The average molecular weight is 432 g/mol. The van der Waals surface area contributed by atoms with Crippen LogP contribution in [0.5, 0.6) is 0 Å². The van der Waals surface area contributed by atoms with Gasteiger partial charge in [0.1, 0.15) is 0 Å². The van der Waals surface area contributed by atoms with Crippen LogP contribution in [0.2, 0.25) is 18.3 Å². The summed E-state index contributed by atoms with van der Waals surface area (Å²) in [4.78, 5) is 14.9. The SMILES string of the molecule is CO[Si](OC)(OC)C(C)[Si](C)(C)c1ccc(C(=O)c2ccc(N(C)C)cc2)cc1. The van der Waals surface area contributed by atoms with Crippen molar-refractivity contribution in [3.05, 3.63) is 59.7 Å². The zero-order valence-electron chi connectivity index (χ0n) is 18.8. The van der Waals surface area contributed by atoms with Crippen molar-refractivity contribution < 1.29 is 18.1 Å². The molecule has 0 aliphatic carbocycles. The highest BCUT2D eigenvalue weighted by atomic mass is 28.4. The van der Waals surface area contributed by atoms with E-state index >= 15 is 0 Å². The zero-order valence-corrected chi connectivity index (χ0v) is 20.8. The molecule has 2 rings (SSSR count). The lowest BCUT2D eigenvalue weighted by Gasteiger charge is -2.39. The number of anilines is 1. The van der Waals surface area contributed by atoms with Crippen LogP contribution < -0.4 is 10.1 Å². The second-order valence-electron chi connectivity index (χ2n) is 8.01. The largest absolute Gasteiger partial charge is 0.500 e. The first-order chi connectivity index (χ1) is 13.6. The van der Waals surface area contributed by atoms with E-state index in [2.05, 4.69) is 32.2 Å². The van der Waals surface area contributed by atoms with Crippen LogP contribution >= 0.6 is 0 Å². The van der Waals surface area contributed by atoms with Gasteiger partial charge in [0.2, 0.25) is 0 Å². The van der Waals surface area contributed by atoms with E-state index in [1.165, 1.54) is 5.19 Å². The van der Waals surface area contributed by atoms with E-state index in [1.807, 2.05) is 55.4 Å². The fraction of sp³-hybridized carbons (Fsp3) is 0.409. The molecular formula is C22H33NO4Si2. The first-order valence-corrected chi connectivity index (χ1v) is 14.6.